The first kappa shape index (κ1) is 17.1. The van der Waals surface area contributed by atoms with E-state index in [4.69, 9.17) is 9.05 Å². The average molecular weight is 382 g/mol. The van der Waals surface area contributed by atoms with Gasteiger partial charge in [0.1, 0.15) is 11.5 Å². The summed E-state index contributed by atoms with van der Waals surface area (Å²) in [5.74, 6) is 1.07. The van der Waals surface area contributed by atoms with Crippen molar-refractivity contribution in [3.05, 3.63) is 46.6 Å². The van der Waals surface area contributed by atoms with Gasteiger partial charge < -0.3 is 18.8 Å². The largest absolute Gasteiger partial charge is 0.424 e. The van der Waals surface area contributed by atoms with Crippen LogP contribution in [0.2, 0.25) is 0 Å². The van der Waals surface area contributed by atoms with Gasteiger partial charge in [0.2, 0.25) is 0 Å². The Morgan fingerprint density at radius 1 is 0.880 bits per heavy atom. The zero-order valence-electron chi connectivity index (χ0n) is 14.0. The molecule has 0 amide bonds. The van der Waals surface area contributed by atoms with Crippen LogP contribution >= 0.6 is 15.2 Å². The fourth-order valence-corrected chi connectivity index (χ4v) is 5.18. The summed E-state index contributed by atoms with van der Waals surface area (Å²) in [6.07, 6.45) is 9.98. The van der Waals surface area contributed by atoms with E-state index < -0.39 is 15.2 Å². The second-order valence-electron chi connectivity index (χ2n) is 6.94. The first-order valence-electron chi connectivity index (χ1n) is 8.18. The zero-order chi connectivity index (χ0) is 18.0. The summed E-state index contributed by atoms with van der Waals surface area (Å²) in [5, 5.41) is 0. The number of allylic oxidation sites excluding steroid dienone is 4. The molecule has 0 radical (unpaired) electrons. The van der Waals surface area contributed by atoms with Gasteiger partial charge in [-0.25, -0.2) is 9.13 Å². The minimum atomic E-state index is -3.74. The summed E-state index contributed by atoms with van der Waals surface area (Å²) in [6.45, 7) is 2.34. The van der Waals surface area contributed by atoms with Gasteiger partial charge in [-0.2, -0.15) is 0 Å². The quantitative estimate of drug-likeness (QED) is 0.607. The number of rotatable bonds is 4. The molecule has 0 fully saturated rings. The summed E-state index contributed by atoms with van der Waals surface area (Å²) >= 11 is 0. The highest BCUT2D eigenvalue weighted by atomic mass is 31.2. The fourth-order valence-electron chi connectivity index (χ4n) is 4.09. The Morgan fingerprint density at radius 2 is 1.28 bits per heavy atom. The Balaban J connectivity index is 2.00. The standard InChI is InChI=1S/C17H20O6P2/c1-24(18,19)22-16-12-5-3-4-6-13(12)17(23-25(2,20)21)15-11-8-7-10(9-11)14(15)16/h3-4,7-8,10-11H,5-6,9H2,1-2H3,(H,18,19)(H,20,21)/t10-,11+. The molecule has 0 spiro atoms. The lowest BCUT2D eigenvalue weighted by Gasteiger charge is -2.28. The van der Waals surface area contributed by atoms with Gasteiger partial charge in [-0.3, -0.25) is 0 Å². The topological polar surface area (TPSA) is 93.1 Å². The molecule has 0 saturated carbocycles. The third-order valence-corrected chi connectivity index (χ3v) is 5.89. The smallest absolute Gasteiger partial charge is 0.373 e. The average Bonchev–Trinajstić information content (AvgIpc) is 3.09. The van der Waals surface area contributed by atoms with Gasteiger partial charge in [-0.15, -0.1) is 0 Å². The molecule has 25 heavy (non-hydrogen) atoms. The van der Waals surface area contributed by atoms with E-state index in [9.17, 15) is 18.9 Å². The van der Waals surface area contributed by atoms with Crippen LogP contribution in [0.15, 0.2) is 24.3 Å². The third-order valence-electron chi connectivity index (χ3n) is 4.85. The Bertz CT molecular complexity index is 833. The highest BCUT2D eigenvalue weighted by Crippen LogP contribution is 2.61. The molecule has 6 nitrogen and oxygen atoms in total. The summed E-state index contributed by atoms with van der Waals surface area (Å²) in [5.41, 5.74) is 3.23. The van der Waals surface area contributed by atoms with Crippen molar-refractivity contribution in [2.45, 2.75) is 31.1 Å². The molecule has 1 aromatic carbocycles. The molecule has 0 aromatic heterocycles. The molecule has 2 bridgehead atoms. The Hall–Kier alpha value is -1.32. The second kappa shape index (κ2) is 5.59. The fraction of sp³-hybridized carbons (Fsp3) is 0.412. The molecule has 2 unspecified atom stereocenters. The lowest BCUT2D eigenvalue weighted by Crippen LogP contribution is -2.11. The van der Waals surface area contributed by atoms with E-state index in [2.05, 4.69) is 12.2 Å². The molecule has 0 heterocycles. The highest BCUT2D eigenvalue weighted by molar-refractivity contribution is 7.52. The van der Waals surface area contributed by atoms with Crippen molar-refractivity contribution in [3.63, 3.8) is 0 Å². The molecule has 2 N–H and O–H groups in total. The molecule has 4 rings (SSSR count). The van der Waals surface area contributed by atoms with Gasteiger partial charge in [-0.05, 0) is 19.3 Å². The van der Waals surface area contributed by atoms with Crippen LogP contribution in [0.5, 0.6) is 11.5 Å². The van der Waals surface area contributed by atoms with Gasteiger partial charge in [0, 0.05) is 47.4 Å². The van der Waals surface area contributed by atoms with E-state index in [-0.39, 0.29) is 11.8 Å². The second-order valence-corrected chi connectivity index (χ2v) is 10.5. The van der Waals surface area contributed by atoms with Crippen LogP contribution in [0.4, 0.5) is 0 Å². The summed E-state index contributed by atoms with van der Waals surface area (Å²) in [7, 11) is -7.48. The third kappa shape index (κ3) is 3.02. The lowest BCUT2D eigenvalue weighted by atomic mass is 9.85. The van der Waals surface area contributed by atoms with Gasteiger partial charge in [0.15, 0.2) is 0 Å². The summed E-state index contributed by atoms with van der Waals surface area (Å²) < 4.78 is 35.0. The van der Waals surface area contributed by atoms with E-state index in [0.717, 1.165) is 28.7 Å². The Kier molecular flexibility index (Phi) is 3.82. The molecule has 3 aliphatic rings. The molecule has 0 saturated heterocycles. The molecular weight excluding hydrogens is 362 g/mol. The van der Waals surface area contributed by atoms with Gasteiger partial charge >= 0.3 is 15.2 Å². The van der Waals surface area contributed by atoms with E-state index >= 15 is 0 Å². The molecule has 3 aliphatic carbocycles. The van der Waals surface area contributed by atoms with Crippen molar-refractivity contribution in [2.24, 2.45) is 0 Å². The van der Waals surface area contributed by atoms with Crippen molar-refractivity contribution in [1.29, 1.82) is 0 Å². The van der Waals surface area contributed by atoms with Crippen molar-refractivity contribution in [2.75, 3.05) is 13.3 Å². The molecule has 1 aromatic rings. The van der Waals surface area contributed by atoms with Crippen molar-refractivity contribution >= 4 is 15.2 Å². The van der Waals surface area contributed by atoms with Crippen molar-refractivity contribution in [1.82, 2.24) is 0 Å². The van der Waals surface area contributed by atoms with Crippen LogP contribution in [0.1, 0.15) is 40.5 Å². The monoisotopic (exact) mass is 382 g/mol. The van der Waals surface area contributed by atoms with Crippen LogP contribution in [-0.2, 0) is 22.0 Å². The van der Waals surface area contributed by atoms with Crippen LogP contribution in [0, 0.1) is 0 Å². The maximum Gasteiger partial charge on any atom is 0.373 e. The van der Waals surface area contributed by atoms with E-state index in [1.165, 1.54) is 13.3 Å². The predicted octanol–water partition coefficient (Wildman–Crippen LogP) is 3.87. The van der Waals surface area contributed by atoms with Gasteiger partial charge in [0.25, 0.3) is 0 Å². The maximum atomic E-state index is 12.0. The van der Waals surface area contributed by atoms with Crippen LogP contribution in [-0.4, -0.2) is 23.1 Å². The number of benzene rings is 1. The number of hydrogen-bond acceptors (Lipinski definition) is 4. The number of hydrogen-bond donors (Lipinski definition) is 2. The van der Waals surface area contributed by atoms with Crippen molar-refractivity contribution < 1.29 is 28.0 Å². The van der Waals surface area contributed by atoms with Crippen LogP contribution in [0.25, 0.3) is 0 Å². The Labute approximate surface area is 146 Å². The van der Waals surface area contributed by atoms with E-state index in [1.54, 1.807) is 0 Å². The molecule has 134 valence electrons. The van der Waals surface area contributed by atoms with Gasteiger partial charge in [-0.1, -0.05) is 24.3 Å². The molecular formula is C17H20O6P2. The number of fused-ring (bicyclic) bond motifs is 6. The minimum Gasteiger partial charge on any atom is -0.424 e. The van der Waals surface area contributed by atoms with Gasteiger partial charge in [0.05, 0.1) is 0 Å². The van der Waals surface area contributed by atoms with Crippen LogP contribution < -0.4 is 9.05 Å². The minimum absolute atomic E-state index is 0.0787. The zero-order valence-corrected chi connectivity index (χ0v) is 15.8. The summed E-state index contributed by atoms with van der Waals surface area (Å²) in [4.78, 5) is 19.6. The van der Waals surface area contributed by atoms with Crippen molar-refractivity contribution in [3.8, 4) is 11.5 Å². The van der Waals surface area contributed by atoms with E-state index in [1.807, 2.05) is 12.2 Å². The highest BCUT2D eigenvalue weighted by Gasteiger charge is 2.42. The Morgan fingerprint density at radius 3 is 1.64 bits per heavy atom. The first-order chi connectivity index (χ1) is 11.6. The molecule has 0 aliphatic heterocycles. The maximum absolute atomic E-state index is 12.0. The predicted molar refractivity (Wildman–Crippen MR) is 95.0 cm³/mol. The molecule has 4 atom stereocenters. The summed E-state index contributed by atoms with van der Waals surface area (Å²) in [6, 6.07) is 0. The van der Waals surface area contributed by atoms with Crippen LogP contribution in [0.3, 0.4) is 0 Å². The molecule has 8 heteroatoms. The SMILES string of the molecule is CP(=O)(O)Oc1c2c(c(OP(C)(=O)O)c3c1[C@@H]1C=C[C@H]3C1)CC=CC2. The lowest BCUT2D eigenvalue weighted by molar-refractivity contribution is 0.376. The van der Waals surface area contributed by atoms with E-state index in [0.29, 0.717) is 24.3 Å². The first-order valence-corrected chi connectivity index (χ1v) is 12.2. The normalized spacial score (nSPS) is 27.4.